The average Bonchev–Trinajstić information content (AvgIpc) is 3.03. The number of carbonyl (C=O) groups is 2. The van der Waals surface area contributed by atoms with Crippen LogP contribution in [0.15, 0.2) is 41.5 Å². The van der Waals surface area contributed by atoms with Gasteiger partial charge in [0.1, 0.15) is 11.4 Å². The number of carbonyl (C=O) groups excluding carboxylic acids is 2. The summed E-state index contributed by atoms with van der Waals surface area (Å²) in [6.07, 6.45) is 6.83. The molecule has 1 atom stereocenters. The number of anilines is 1. The van der Waals surface area contributed by atoms with E-state index in [0.717, 1.165) is 5.82 Å². The third-order valence-corrected chi connectivity index (χ3v) is 3.48. The highest BCUT2D eigenvalue weighted by atomic mass is 16.6. The fourth-order valence-electron chi connectivity index (χ4n) is 2.36. The van der Waals surface area contributed by atoms with Crippen LogP contribution in [0.25, 0.3) is 0 Å². The van der Waals surface area contributed by atoms with Gasteiger partial charge in [-0.25, -0.2) is 9.78 Å². The first kappa shape index (κ1) is 19.6. The Morgan fingerprint density at radius 2 is 2.08 bits per heavy atom. The van der Waals surface area contributed by atoms with Gasteiger partial charge in [-0.05, 0) is 51.5 Å². The lowest BCUT2D eigenvalue weighted by Crippen LogP contribution is -2.39. The van der Waals surface area contributed by atoms with E-state index in [9.17, 15) is 9.59 Å². The van der Waals surface area contributed by atoms with Crippen molar-refractivity contribution in [2.75, 3.05) is 18.5 Å². The number of rotatable bonds is 8. The highest BCUT2D eigenvalue weighted by molar-refractivity contribution is 5.95. The Balaban J connectivity index is 1.80. The summed E-state index contributed by atoms with van der Waals surface area (Å²) >= 11 is 0. The number of pyridine rings is 1. The zero-order valence-electron chi connectivity index (χ0n) is 15.4. The topological polar surface area (TPSA) is 89.9 Å². The fraction of sp³-hybridized carbons (Fsp3) is 0.474. The Hall–Kier alpha value is -2.70. The molecule has 0 saturated carbocycles. The second-order valence-electron chi connectivity index (χ2n) is 6.96. The van der Waals surface area contributed by atoms with Crippen LogP contribution in [0.4, 0.5) is 5.82 Å². The van der Waals surface area contributed by atoms with E-state index < -0.39 is 23.1 Å². The SMILES string of the molecule is CC(C)(C)OC(=O)CC1(C(=O)OCCCNc2ccccn2)C=CC=N1. The first-order valence-corrected chi connectivity index (χ1v) is 8.58. The smallest absolute Gasteiger partial charge is 0.338 e. The summed E-state index contributed by atoms with van der Waals surface area (Å²) in [5, 5.41) is 3.14. The van der Waals surface area contributed by atoms with Gasteiger partial charge in [-0.2, -0.15) is 0 Å². The number of aromatic nitrogens is 1. The molecule has 0 saturated heterocycles. The Labute approximate surface area is 153 Å². The molecule has 1 aliphatic heterocycles. The lowest BCUT2D eigenvalue weighted by atomic mass is 9.97. The van der Waals surface area contributed by atoms with E-state index in [0.29, 0.717) is 13.0 Å². The van der Waals surface area contributed by atoms with Gasteiger partial charge in [-0.1, -0.05) is 6.07 Å². The minimum absolute atomic E-state index is 0.178. The molecule has 1 aromatic heterocycles. The summed E-state index contributed by atoms with van der Waals surface area (Å²) in [5.41, 5.74) is -1.94. The molecular formula is C19H25N3O4. The normalized spacial score (nSPS) is 18.6. The average molecular weight is 359 g/mol. The van der Waals surface area contributed by atoms with Gasteiger partial charge in [0, 0.05) is 19.0 Å². The molecule has 7 heteroatoms. The van der Waals surface area contributed by atoms with Crippen molar-refractivity contribution >= 4 is 24.0 Å². The summed E-state index contributed by atoms with van der Waals surface area (Å²) < 4.78 is 10.6. The molecule has 0 spiro atoms. The third kappa shape index (κ3) is 5.98. The maximum atomic E-state index is 12.5. The van der Waals surface area contributed by atoms with E-state index in [-0.39, 0.29) is 13.0 Å². The molecule has 1 N–H and O–H groups in total. The van der Waals surface area contributed by atoms with Crippen LogP contribution in [0.3, 0.4) is 0 Å². The monoisotopic (exact) mass is 359 g/mol. The van der Waals surface area contributed by atoms with Gasteiger partial charge in [-0.15, -0.1) is 0 Å². The van der Waals surface area contributed by atoms with Crippen LogP contribution in [-0.4, -0.2) is 47.4 Å². The van der Waals surface area contributed by atoms with Gasteiger partial charge in [0.2, 0.25) is 0 Å². The molecule has 0 radical (unpaired) electrons. The molecule has 1 aliphatic rings. The van der Waals surface area contributed by atoms with Crippen LogP contribution >= 0.6 is 0 Å². The van der Waals surface area contributed by atoms with E-state index in [1.807, 2.05) is 18.2 Å². The predicted molar refractivity (Wildman–Crippen MR) is 99.1 cm³/mol. The minimum Gasteiger partial charge on any atom is -0.464 e. The number of esters is 2. The van der Waals surface area contributed by atoms with Crippen LogP contribution in [0.5, 0.6) is 0 Å². The molecule has 0 aliphatic carbocycles. The molecule has 0 bridgehead atoms. The van der Waals surface area contributed by atoms with Crippen molar-refractivity contribution in [1.82, 2.24) is 4.98 Å². The maximum absolute atomic E-state index is 12.5. The molecule has 2 heterocycles. The van der Waals surface area contributed by atoms with Gasteiger partial charge >= 0.3 is 11.9 Å². The van der Waals surface area contributed by atoms with Gasteiger partial charge in [0.25, 0.3) is 0 Å². The van der Waals surface area contributed by atoms with E-state index in [2.05, 4.69) is 15.3 Å². The highest BCUT2D eigenvalue weighted by Gasteiger charge is 2.42. The van der Waals surface area contributed by atoms with Crippen LogP contribution < -0.4 is 5.32 Å². The minimum atomic E-state index is -1.32. The molecule has 1 aromatic rings. The zero-order valence-corrected chi connectivity index (χ0v) is 15.4. The van der Waals surface area contributed by atoms with Crippen molar-refractivity contribution in [1.29, 1.82) is 0 Å². The molecule has 0 fully saturated rings. The molecule has 140 valence electrons. The van der Waals surface area contributed by atoms with Crippen molar-refractivity contribution in [3.8, 4) is 0 Å². The van der Waals surface area contributed by atoms with E-state index in [1.54, 1.807) is 39.1 Å². The first-order chi connectivity index (χ1) is 12.3. The van der Waals surface area contributed by atoms with Crippen LogP contribution in [-0.2, 0) is 19.1 Å². The Morgan fingerprint density at radius 1 is 1.27 bits per heavy atom. The Bertz CT molecular complexity index is 666. The molecule has 7 nitrogen and oxygen atoms in total. The predicted octanol–water partition coefficient (Wildman–Crippen LogP) is 2.54. The van der Waals surface area contributed by atoms with Crippen LogP contribution in [0.1, 0.15) is 33.6 Å². The molecule has 2 rings (SSSR count). The lowest BCUT2D eigenvalue weighted by molar-refractivity contribution is -0.161. The van der Waals surface area contributed by atoms with Crippen LogP contribution in [0, 0.1) is 0 Å². The van der Waals surface area contributed by atoms with Crippen LogP contribution in [0.2, 0.25) is 0 Å². The number of ether oxygens (including phenoxy) is 2. The number of aliphatic imine (C=N–C) groups is 1. The van der Waals surface area contributed by atoms with E-state index in [1.165, 1.54) is 6.21 Å². The fourth-order valence-corrected chi connectivity index (χ4v) is 2.36. The highest BCUT2D eigenvalue weighted by Crippen LogP contribution is 2.25. The number of allylic oxidation sites excluding steroid dienone is 1. The Morgan fingerprint density at radius 3 is 2.69 bits per heavy atom. The van der Waals surface area contributed by atoms with Gasteiger partial charge in [0.15, 0.2) is 5.54 Å². The molecule has 26 heavy (non-hydrogen) atoms. The molecular weight excluding hydrogens is 334 g/mol. The van der Waals surface area contributed by atoms with Gasteiger partial charge in [-0.3, -0.25) is 9.79 Å². The standard InChI is InChI=1S/C19H25N3O4/c1-18(2,3)26-16(23)14-19(9-6-12-22-19)17(24)25-13-7-11-21-15-8-4-5-10-20-15/h4-6,8-10,12H,7,11,13-14H2,1-3H3,(H,20,21). The van der Waals surface area contributed by atoms with E-state index >= 15 is 0 Å². The zero-order chi connectivity index (χ0) is 19.0. The number of hydrogen-bond donors (Lipinski definition) is 1. The summed E-state index contributed by atoms with van der Waals surface area (Å²) in [4.78, 5) is 32.9. The van der Waals surface area contributed by atoms with Crippen molar-refractivity contribution in [3.63, 3.8) is 0 Å². The van der Waals surface area contributed by atoms with Crippen molar-refractivity contribution in [2.24, 2.45) is 4.99 Å². The summed E-state index contributed by atoms with van der Waals surface area (Å²) in [6, 6.07) is 5.59. The largest absolute Gasteiger partial charge is 0.464 e. The molecule has 0 amide bonds. The quantitative estimate of drug-likeness (QED) is 0.567. The maximum Gasteiger partial charge on any atom is 0.338 e. The first-order valence-electron chi connectivity index (χ1n) is 8.58. The van der Waals surface area contributed by atoms with Gasteiger partial charge in [0.05, 0.1) is 13.0 Å². The van der Waals surface area contributed by atoms with Crippen molar-refractivity contribution < 1.29 is 19.1 Å². The molecule has 1 unspecified atom stereocenters. The summed E-state index contributed by atoms with van der Waals surface area (Å²) in [5.74, 6) is -0.273. The summed E-state index contributed by atoms with van der Waals surface area (Å²) in [6.45, 7) is 6.16. The van der Waals surface area contributed by atoms with E-state index in [4.69, 9.17) is 9.47 Å². The van der Waals surface area contributed by atoms with Crippen molar-refractivity contribution in [2.45, 2.75) is 44.8 Å². The number of nitrogens with one attached hydrogen (secondary N) is 1. The molecule has 0 aromatic carbocycles. The Kier molecular flexibility index (Phi) is 6.49. The third-order valence-electron chi connectivity index (χ3n) is 3.48. The van der Waals surface area contributed by atoms with Gasteiger partial charge < -0.3 is 14.8 Å². The second kappa shape index (κ2) is 8.60. The number of hydrogen-bond acceptors (Lipinski definition) is 7. The number of nitrogens with zero attached hydrogens (tertiary/aromatic N) is 2. The lowest BCUT2D eigenvalue weighted by Gasteiger charge is -2.25. The summed E-state index contributed by atoms with van der Waals surface area (Å²) in [7, 11) is 0. The second-order valence-corrected chi connectivity index (χ2v) is 6.96. The van der Waals surface area contributed by atoms with Crippen molar-refractivity contribution in [3.05, 3.63) is 36.5 Å².